The molecule has 1 atom stereocenters. The number of likely N-dealkylation sites (tertiary alicyclic amines) is 1. The molecule has 1 unspecified atom stereocenters. The van der Waals surface area contributed by atoms with Crippen LogP contribution < -0.4 is 5.32 Å². The fraction of sp³-hybridized carbons (Fsp3) is 0.476. The summed E-state index contributed by atoms with van der Waals surface area (Å²) in [4.78, 5) is 67.5. The third-order valence-electron chi connectivity index (χ3n) is 4.76. The maximum absolute atomic E-state index is 12.5. The smallest absolute Gasteiger partial charge is 0.410 e. The summed E-state index contributed by atoms with van der Waals surface area (Å²) in [5.41, 5.74) is -0.344. The van der Waals surface area contributed by atoms with E-state index >= 15 is 0 Å². The Morgan fingerprint density at radius 2 is 1.71 bits per heavy atom. The fourth-order valence-electron chi connectivity index (χ4n) is 3.38. The maximum atomic E-state index is 12.5. The van der Waals surface area contributed by atoms with Gasteiger partial charge in [-0.1, -0.05) is 17.2 Å². The molecule has 1 fully saturated rings. The van der Waals surface area contributed by atoms with Crippen LogP contribution in [0.15, 0.2) is 24.3 Å². The Kier molecular flexibility index (Phi) is 6.28. The molecule has 2 aliphatic rings. The van der Waals surface area contributed by atoms with Crippen LogP contribution in [0.2, 0.25) is 0 Å². The lowest BCUT2D eigenvalue weighted by atomic mass is 10.1. The van der Waals surface area contributed by atoms with Gasteiger partial charge in [-0.2, -0.15) is 0 Å². The van der Waals surface area contributed by atoms with E-state index in [-0.39, 0.29) is 24.1 Å². The summed E-state index contributed by atoms with van der Waals surface area (Å²) >= 11 is 0. The van der Waals surface area contributed by atoms with Crippen LogP contribution in [0.1, 0.15) is 60.7 Å². The number of carbonyl (C=O) groups is 5. The van der Waals surface area contributed by atoms with Gasteiger partial charge in [0.05, 0.1) is 17.5 Å². The molecule has 31 heavy (non-hydrogen) atoms. The minimum Gasteiger partial charge on any atom is -0.444 e. The molecule has 166 valence electrons. The molecule has 1 N–H and O–H groups in total. The van der Waals surface area contributed by atoms with Gasteiger partial charge in [0.1, 0.15) is 11.6 Å². The summed E-state index contributed by atoms with van der Waals surface area (Å²) in [5.74, 6) is -2.67. The lowest BCUT2D eigenvalue weighted by Crippen LogP contribution is -2.48. The predicted molar refractivity (Wildman–Crippen MR) is 107 cm³/mol. The lowest BCUT2D eigenvalue weighted by molar-refractivity contribution is -0.168. The van der Waals surface area contributed by atoms with Crippen LogP contribution in [0.4, 0.5) is 4.79 Å². The monoisotopic (exact) mass is 431 g/mol. The van der Waals surface area contributed by atoms with Crippen molar-refractivity contribution in [2.75, 3.05) is 13.1 Å². The van der Waals surface area contributed by atoms with E-state index < -0.39 is 41.4 Å². The van der Waals surface area contributed by atoms with Gasteiger partial charge in [-0.05, 0) is 45.7 Å². The molecular formula is C21H25N3O7. The van der Waals surface area contributed by atoms with Crippen molar-refractivity contribution in [3.05, 3.63) is 35.4 Å². The van der Waals surface area contributed by atoms with E-state index in [9.17, 15) is 24.0 Å². The molecular weight excluding hydrogens is 406 g/mol. The lowest BCUT2D eigenvalue weighted by Gasteiger charge is -2.28. The third kappa shape index (κ3) is 5.01. The van der Waals surface area contributed by atoms with Crippen LogP contribution >= 0.6 is 0 Å². The zero-order chi connectivity index (χ0) is 22.8. The molecule has 3 rings (SSSR count). The Bertz CT molecular complexity index is 887. The van der Waals surface area contributed by atoms with Crippen LogP contribution in [0, 0.1) is 0 Å². The van der Waals surface area contributed by atoms with Gasteiger partial charge in [-0.15, -0.1) is 0 Å². The molecule has 0 aliphatic carbocycles. The number of hydrogen-bond donors (Lipinski definition) is 1. The van der Waals surface area contributed by atoms with Crippen molar-refractivity contribution in [2.45, 2.75) is 51.7 Å². The molecule has 1 saturated heterocycles. The van der Waals surface area contributed by atoms with Crippen molar-refractivity contribution in [1.82, 2.24) is 15.3 Å². The number of benzene rings is 1. The molecule has 1 aromatic rings. The van der Waals surface area contributed by atoms with E-state index in [4.69, 9.17) is 9.57 Å². The minimum atomic E-state index is -0.842. The molecule has 0 bridgehead atoms. The molecule has 2 aliphatic heterocycles. The highest BCUT2D eigenvalue weighted by Gasteiger charge is 2.39. The summed E-state index contributed by atoms with van der Waals surface area (Å²) in [6.07, 6.45) is 0.345. The van der Waals surface area contributed by atoms with Gasteiger partial charge in [-0.25, -0.2) is 9.59 Å². The van der Waals surface area contributed by atoms with Gasteiger partial charge < -0.3 is 14.9 Å². The van der Waals surface area contributed by atoms with E-state index in [1.54, 1.807) is 32.9 Å². The number of nitrogens with zero attached hydrogens (tertiary/aromatic N) is 2. The van der Waals surface area contributed by atoms with Gasteiger partial charge in [0.15, 0.2) is 0 Å². The van der Waals surface area contributed by atoms with Crippen molar-refractivity contribution in [2.24, 2.45) is 0 Å². The molecule has 10 heteroatoms. The number of fused-ring (bicyclic) bond motifs is 1. The van der Waals surface area contributed by atoms with Gasteiger partial charge in [0.25, 0.3) is 11.8 Å². The van der Waals surface area contributed by atoms with Gasteiger partial charge >= 0.3 is 12.1 Å². The van der Waals surface area contributed by atoms with E-state index in [0.717, 1.165) is 0 Å². The Hall–Kier alpha value is -3.43. The Balaban J connectivity index is 1.47. The quantitative estimate of drug-likeness (QED) is 0.703. The molecule has 0 spiro atoms. The molecule has 2 heterocycles. The van der Waals surface area contributed by atoms with Crippen molar-refractivity contribution < 1.29 is 33.5 Å². The van der Waals surface area contributed by atoms with Gasteiger partial charge in [-0.3, -0.25) is 19.3 Å². The van der Waals surface area contributed by atoms with Crippen molar-refractivity contribution in [1.29, 1.82) is 0 Å². The maximum Gasteiger partial charge on any atom is 0.410 e. The van der Waals surface area contributed by atoms with E-state index in [0.29, 0.717) is 24.4 Å². The van der Waals surface area contributed by atoms with Gasteiger partial charge in [0.2, 0.25) is 5.91 Å². The number of amides is 4. The molecule has 0 aromatic heterocycles. The molecule has 10 nitrogen and oxygen atoms in total. The zero-order valence-electron chi connectivity index (χ0n) is 17.7. The van der Waals surface area contributed by atoms with E-state index in [2.05, 4.69) is 5.32 Å². The van der Waals surface area contributed by atoms with Crippen LogP contribution in [0.3, 0.4) is 0 Å². The minimum absolute atomic E-state index is 0.0699. The van der Waals surface area contributed by atoms with Crippen molar-refractivity contribution in [3.8, 4) is 0 Å². The fourth-order valence-corrected chi connectivity index (χ4v) is 3.38. The van der Waals surface area contributed by atoms with Crippen LogP contribution in [0.25, 0.3) is 0 Å². The number of rotatable bonds is 5. The Morgan fingerprint density at radius 1 is 1.10 bits per heavy atom. The largest absolute Gasteiger partial charge is 0.444 e. The van der Waals surface area contributed by atoms with Crippen molar-refractivity contribution in [3.63, 3.8) is 0 Å². The zero-order valence-corrected chi connectivity index (χ0v) is 17.7. The summed E-state index contributed by atoms with van der Waals surface area (Å²) < 4.78 is 5.33. The molecule has 0 radical (unpaired) electrons. The van der Waals surface area contributed by atoms with E-state index in [1.165, 1.54) is 17.0 Å². The Labute approximate surface area is 179 Å². The summed E-state index contributed by atoms with van der Waals surface area (Å²) in [7, 11) is 0. The molecule has 4 amide bonds. The summed E-state index contributed by atoms with van der Waals surface area (Å²) in [6.45, 7) is 5.58. The molecule has 1 aromatic carbocycles. The second-order valence-corrected chi connectivity index (χ2v) is 8.29. The van der Waals surface area contributed by atoms with Crippen molar-refractivity contribution >= 4 is 29.8 Å². The second kappa shape index (κ2) is 8.75. The topological polar surface area (TPSA) is 122 Å². The summed E-state index contributed by atoms with van der Waals surface area (Å²) in [6, 6.07) is 5.48. The van der Waals surface area contributed by atoms with Crippen LogP contribution in [-0.4, -0.2) is 64.5 Å². The number of hydroxylamine groups is 2. The first-order valence-electron chi connectivity index (χ1n) is 10.0. The number of imide groups is 1. The average Bonchev–Trinajstić information content (AvgIpc) is 3.27. The first kappa shape index (κ1) is 22.3. The van der Waals surface area contributed by atoms with Crippen LogP contribution in [0.5, 0.6) is 0 Å². The Morgan fingerprint density at radius 3 is 2.29 bits per heavy atom. The highest BCUT2D eigenvalue weighted by molar-refractivity contribution is 6.20. The first-order chi connectivity index (χ1) is 14.6. The third-order valence-corrected chi connectivity index (χ3v) is 4.76. The highest BCUT2D eigenvalue weighted by Crippen LogP contribution is 2.23. The number of hydrogen-bond acceptors (Lipinski definition) is 7. The highest BCUT2D eigenvalue weighted by atomic mass is 16.7. The van der Waals surface area contributed by atoms with Gasteiger partial charge in [0, 0.05) is 13.1 Å². The summed E-state index contributed by atoms with van der Waals surface area (Å²) in [5, 5.41) is 3.02. The number of nitrogens with one attached hydrogen (secondary N) is 1. The standard InChI is InChI=1S/C21H25N3O7/c1-21(2,3)30-20(29)23-12-6-9-15(23)17(26)22-11-10-16(25)31-24-18(27)13-7-4-5-8-14(13)19(24)28/h4-5,7-8,15H,6,9-12H2,1-3H3,(H,22,26). The van der Waals surface area contributed by atoms with E-state index in [1.807, 2.05) is 0 Å². The number of carbonyl (C=O) groups excluding carboxylic acids is 5. The number of ether oxygens (including phenoxy) is 1. The second-order valence-electron chi connectivity index (χ2n) is 8.29. The average molecular weight is 431 g/mol. The normalized spacial score (nSPS) is 18.1. The SMILES string of the molecule is CC(C)(C)OC(=O)N1CCCC1C(=O)NCCC(=O)ON1C(=O)c2ccccc2C1=O. The van der Waals surface area contributed by atoms with Crippen LogP contribution in [-0.2, 0) is 19.2 Å². The first-order valence-corrected chi connectivity index (χ1v) is 10.0. The predicted octanol–water partition coefficient (Wildman–Crippen LogP) is 1.65. The molecule has 0 saturated carbocycles.